The van der Waals surface area contributed by atoms with Crippen LogP contribution in [0, 0.1) is 12.8 Å². The Morgan fingerprint density at radius 1 is 1.41 bits per heavy atom. The Labute approximate surface area is 102 Å². The van der Waals surface area contributed by atoms with Crippen molar-refractivity contribution in [3.63, 3.8) is 0 Å². The molecule has 0 atom stereocenters. The first-order valence-electron chi connectivity index (χ1n) is 5.65. The molecule has 0 bridgehead atoms. The van der Waals surface area contributed by atoms with Gasteiger partial charge in [-0.05, 0) is 49.4 Å². The van der Waals surface area contributed by atoms with Crippen molar-refractivity contribution >= 4 is 15.5 Å². The van der Waals surface area contributed by atoms with Crippen molar-refractivity contribution in [2.24, 2.45) is 5.92 Å². The first-order chi connectivity index (χ1) is 7.99. The highest BCUT2D eigenvalue weighted by Gasteiger charge is 2.23. The zero-order chi connectivity index (χ0) is 12.5. The summed E-state index contributed by atoms with van der Waals surface area (Å²) in [6.07, 6.45) is 2.31. The van der Waals surface area contributed by atoms with E-state index in [1.807, 2.05) is 0 Å². The van der Waals surface area contributed by atoms with Gasteiger partial charge in [0.25, 0.3) is 0 Å². The maximum absolute atomic E-state index is 12.0. The predicted octanol–water partition coefficient (Wildman–Crippen LogP) is 1.74. The van der Waals surface area contributed by atoms with Crippen LogP contribution in [-0.2, 0) is 14.6 Å². The second kappa shape index (κ2) is 4.66. The number of aryl methyl sites for hydroxylation is 1. The van der Waals surface area contributed by atoms with E-state index in [9.17, 15) is 8.42 Å². The molecule has 1 saturated carbocycles. The van der Waals surface area contributed by atoms with Crippen LogP contribution in [0.4, 0.5) is 5.69 Å². The van der Waals surface area contributed by atoms with E-state index in [0.717, 1.165) is 12.8 Å². The SMILES string of the molecule is Cc1cc(N)ccc1S(=O)(=O)COCC1CC1. The molecule has 0 unspecified atom stereocenters. The van der Waals surface area contributed by atoms with Gasteiger partial charge < -0.3 is 10.5 Å². The fourth-order valence-corrected chi connectivity index (χ4v) is 2.96. The molecule has 1 aliphatic rings. The number of nitrogens with two attached hydrogens (primary N) is 1. The molecule has 1 aromatic carbocycles. The van der Waals surface area contributed by atoms with Crippen LogP contribution < -0.4 is 5.73 Å². The maximum Gasteiger partial charge on any atom is 0.202 e. The average molecular weight is 255 g/mol. The van der Waals surface area contributed by atoms with E-state index in [1.54, 1.807) is 25.1 Å². The molecule has 1 fully saturated rings. The van der Waals surface area contributed by atoms with Gasteiger partial charge in [0.2, 0.25) is 9.84 Å². The molecule has 0 radical (unpaired) electrons. The van der Waals surface area contributed by atoms with Crippen LogP contribution >= 0.6 is 0 Å². The third-order valence-electron chi connectivity index (χ3n) is 2.82. The molecular weight excluding hydrogens is 238 g/mol. The second-order valence-electron chi connectivity index (χ2n) is 4.57. The standard InChI is InChI=1S/C12H17NO3S/c1-9-6-11(13)4-5-12(9)17(14,15)8-16-7-10-2-3-10/h4-6,10H,2-3,7-8,13H2,1H3. The van der Waals surface area contributed by atoms with Crippen LogP contribution in [0.5, 0.6) is 0 Å². The molecule has 0 aliphatic heterocycles. The van der Waals surface area contributed by atoms with E-state index >= 15 is 0 Å². The summed E-state index contributed by atoms with van der Waals surface area (Å²) >= 11 is 0. The first-order valence-corrected chi connectivity index (χ1v) is 7.31. The summed E-state index contributed by atoms with van der Waals surface area (Å²) in [5.41, 5.74) is 6.83. The van der Waals surface area contributed by atoms with Crippen LogP contribution in [0.1, 0.15) is 18.4 Å². The smallest absolute Gasteiger partial charge is 0.202 e. The van der Waals surface area contributed by atoms with Crippen LogP contribution in [-0.4, -0.2) is 21.0 Å². The highest BCUT2D eigenvalue weighted by atomic mass is 32.2. The Balaban J connectivity index is 2.07. The maximum atomic E-state index is 12.0. The lowest BCUT2D eigenvalue weighted by Gasteiger charge is -2.08. The van der Waals surface area contributed by atoms with Crippen molar-refractivity contribution in [3.8, 4) is 0 Å². The lowest BCUT2D eigenvalue weighted by atomic mass is 10.2. The number of rotatable bonds is 5. The molecule has 17 heavy (non-hydrogen) atoms. The van der Waals surface area contributed by atoms with Gasteiger partial charge in [0.05, 0.1) is 11.5 Å². The van der Waals surface area contributed by atoms with E-state index in [2.05, 4.69) is 0 Å². The Morgan fingerprint density at radius 2 is 2.12 bits per heavy atom. The lowest BCUT2D eigenvalue weighted by molar-refractivity contribution is 0.165. The number of anilines is 1. The molecule has 2 rings (SSSR count). The monoisotopic (exact) mass is 255 g/mol. The topological polar surface area (TPSA) is 69.4 Å². The molecule has 0 amide bonds. The summed E-state index contributed by atoms with van der Waals surface area (Å²) in [7, 11) is -3.35. The molecule has 5 heteroatoms. The minimum Gasteiger partial charge on any atom is -0.399 e. The number of hydrogen-bond acceptors (Lipinski definition) is 4. The van der Waals surface area contributed by atoms with E-state index < -0.39 is 9.84 Å². The van der Waals surface area contributed by atoms with Gasteiger partial charge in [-0.3, -0.25) is 0 Å². The minimum absolute atomic E-state index is 0.242. The Bertz CT molecular complexity index is 506. The number of nitrogen functional groups attached to an aromatic ring is 1. The van der Waals surface area contributed by atoms with E-state index in [0.29, 0.717) is 28.7 Å². The van der Waals surface area contributed by atoms with E-state index in [-0.39, 0.29) is 5.94 Å². The third kappa shape index (κ3) is 3.20. The van der Waals surface area contributed by atoms with Gasteiger partial charge >= 0.3 is 0 Å². The number of hydrogen-bond donors (Lipinski definition) is 1. The fraction of sp³-hybridized carbons (Fsp3) is 0.500. The van der Waals surface area contributed by atoms with Gasteiger partial charge in [0.15, 0.2) is 5.94 Å². The molecule has 0 spiro atoms. The van der Waals surface area contributed by atoms with Gasteiger partial charge in [0.1, 0.15) is 0 Å². The van der Waals surface area contributed by atoms with Crippen LogP contribution in [0.3, 0.4) is 0 Å². The second-order valence-corrected chi connectivity index (χ2v) is 6.48. The molecule has 1 aliphatic carbocycles. The minimum atomic E-state index is -3.35. The molecule has 94 valence electrons. The molecule has 0 aromatic heterocycles. The Kier molecular flexibility index (Phi) is 3.40. The van der Waals surface area contributed by atoms with Crippen molar-refractivity contribution < 1.29 is 13.2 Å². The van der Waals surface area contributed by atoms with E-state index in [4.69, 9.17) is 10.5 Å². The normalized spacial score (nSPS) is 16.1. The molecule has 1 aromatic rings. The van der Waals surface area contributed by atoms with Crippen molar-refractivity contribution in [2.75, 3.05) is 18.3 Å². The Morgan fingerprint density at radius 3 is 2.71 bits per heavy atom. The van der Waals surface area contributed by atoms with Crippen molar-refractivity contribution in [3.05, 3.63) is 23.8 Å². The van der Waals surface area contributed by atoms with Crippen molar-refractivity contribution in [1.82, 2.24) is 0 Å². The predicted molar refractivity (Wildman–Crippen MR) is 66.3 cm³/mol. The number of sulfone groups is 1. The highest BCUT2D eigenvalue weighted by Crippen LogP contribution is 2.29. The van der Waals surface area contributed by atoms with Crippen LogP contribution in [0.2, 0.25) is 0 Å². The van der Waals surface area contributed by atoms with Crippen LogP contribution in [0.15, 0.2) is 23.1 Å². The summed E-state index contributed by atoms with van der Waals surface area (Å²) in [4.78, 5) is 0.308. The summed E-state index contributed by atoms with van der Waals surface area (Å²) in [5, 5.41) is 0. The first kappa shape index (κ1) is 12.4. The molecule has 4 nitrogen and oxygen atoms in total. The van der Waals surface area contributed by atoms with Gasteiger partial charge in [-0.1, -0.05) is 0 Å². The zero-order valence-electron chi connectivity index (χ0n) is 9.85. The highest BCUT2D eigenvalue weighted by molar-refractivity contribution is 7.91. The lowest BCUT2D eigenvalue weighted by Crippen LogP contribution is -2.12. The van der Waals surface area contributed by atoms with Gasteiger partial charge in [-0.15, -0.1) is 0 Å². The van der Waals surface area contributed by atoms with Crippen LogP contribution in [0.25, 0.3) is 0 Å². The zero-order valence-corrected chi connectivity index (χ0v) is 10.7. The van der Waals surface area contributed by atoms with Gasteiger partial charge in [-0.25, -0.2) is 8.42 Å². The quantitative estimate of drug-likeness (QED) is 0.814. The largest absolute Gasteiger partial charge is 0.399 e. The van der Waals surface area contributed by atoms with Gasteiger partial charge in [-0.2, -0.15) is 0 Å². The molecular formula is C12H17NO3S. The molecule has 2 N–H and O–H groups in total. The fourth-order valence-electron chi connectivity index (χ4n) is 1.69. The summed E-state index contributed by atoms with van der Waals surface area (Å²) in [6.45, 7) is 2.29. The summed E-state index contributed by atoms with van der Waals surface area (Å²) < 4.78 is 29.2. The van der Waals surface area contributed by atoms with Crippen molar-refractivity contribution in [2.45, 2.75) is 24.7 Å². The molecule has 0 heterocycles. The van der Waals surface area contributed by atoms with Gasteiger partial charge in [0, 0.05) is 5.69 Å². The number of ether oxygens (including phenoxy) is 1. The average Bonchev–Trinajstić information content (AvgIpc) is 3.00. The van der Waals surface area contributed by atoms with E-state index in [1.165, 1.54) is 0 Å². The number of benzene rings is 1. The summed E-state index contributed by atoms with van der Waals surface area (Å²) in [6, 6.07) is 4.80. The third-order valence-corrected chi connectivity index (χ3v) is 4.43. The Hall–Kier alpha value is -1.07. The molecule has 0 saturated heterocycles. The van der Waals surface area contributed by atoms with Crippen molar-refractivity contribution in [1.29, 1.82) is 0 Å². The summed E-state index contributed by atoms with van der Waals surface area (Å²) in [5.74, 6) is 0.326.